The number of hydrogen-bond donors (Lipinski definition) is 1. The molecule has 1 fully saturated rings. The second kappa shape index (κ2) is 8.58. The molecule has 2 N–H and O–H groups in total. The van der Waals surface area contributed by atoms with Crippen molar-refractivity contribution in [3.63, 3.8) is 0 Å². The Hall–Kier alpha value is -1.01. The van der Waals surface area contributed by atoms with E-state index in [1.807, 2.05) is 20.8 Å². The van der Waals surface area contributed by atoms with Crippen molar-refractivity contribution in [2.75, 3.05) is 26.2 Å². The molecule has 2 amide bonds. The van der Waals surface area contributed by atoms with Crippen LogP contribution < -0.4 is 5.73 Å². The van der Waals surface area contributed by atoms with Crippen LogP contribution in [0.3, 0.4) is 0 Å². The molecule has 0 unspecified atom stereocenters. The molecule has 1 saturated heterocycles. The van der Waals surface area contributed by atoms with E-state index in [4.69, 9.17) is 28.9 Å². The summed E-state index contributed by atoms with van der Waals surface area (Å²) in [7, 11) is 0. The summed E-state index contributed by atoms with van der Waals surface area (Å²) >= 11 is 12.0. The summed E-state index contributed by atoms with van der Waals surface area (Å²) in [6.07, 6.45) is 0. The molecular formula is C17H24Cl3N3O2. The number of halogens is 3. The summed E-state index contributed by atoms with van der Waals surface area (Å²) < 4.78 is 0. The topological polar surface area (TPSA) is 66.6 Å². The van der Waals surface area contributed by atoms with Gasteiger partial charge < -0.3 is 15.5 Å². The number of nitrogens with zero attached hydrogens (tertiary/aromatic N) is 2. The smallest absolute Gasteiger partial charge is 0.255 e. The predicted molar refractivity (Wildman–Crippen MR) is 104 cm³/mol. The third kappa shape index (κ3) is 5.23. The van der Waals surface area contributed by atoms with Crippen molar-refractivity contribution in [1.29, 1.82) is 0 Å². The lowest BCUT2D eigenvalue weighted by atomic mass is 9.86. The van der Waals surface area contributed by atoms with Crippen molar-refractivity contribution < 1.29 is 9.59 Å². The number of benzene rings is 1. The maximum absolute atomic E-state index is 12.6. The highest BCUT2D eigenvalue weighted by Crippen LogP contribution is 2.23. The number of piperazine rings is 1. The summed E-state index contributed by atoms with van der Waals surface area (Å²) in [6.45, 7) is 7.69. The van der Waals surface area contributed by atoms with E-state index in [9.17, 15) is 9.59 Å². The van der Waals surface area contributed by atoms with Gasteiger partial charge in [0.15, 0.2) is 0 Å². The molecule has 0 aromatic heterocycles. The molecule has 5 nitrogen and oxygen atoms in total. The van der Waals surface area contributed by atoms with Crippen LogP contribution in [0.2, 0.25) is 10.0 Å². The summed E-state index contributed by atoms with van der Waals surface area (Å²) in [4.78, 5) is 28.4. The van der Waals surface area contributed by atoms with Crippen LogP contribution in [0.1, 0.15) is 31.1 Å². The highest BCUT2D eigenvalue weighted by molar-refractivity contribution is 6.36. The molecule has 0 radical (unpaired) electrons. The van der Waals surface area contributed by atoms with Gasteiger partial charge in [0.1, 0.15) is 0 Å². The summed E-state index contributed by atoms with van der Waals surface area (Å²) in [5, 5.41) is 0.823. The molecular weight excluding hydrogens is 385 g/mol. The van der Waals surface area contributed by atoms with Gasteiger partial charge in [-0.25, -0.2) is 0 Å². The summed E-state index contributed by atoms with van der Waals surface area (Å²) in [5.74, 6) is -0.219. The molecule has 0 saturated carbocycles. The number of rotatable bonds is 2. The van der Waals surface area contributed by atoms with Crippen molar-refractivity contribution in [2.45, 2.75) is 26.8 Å². The molecule has 1 atom stereocenters. The van der Waals surface area contributed by atoms with Crippen LogP contribution in [-0.4, -0.2) is 53.8 Å². The lowest BCUT2D eigenvalue weighted by molar-refractivity contribution is -0.136. The fourth-order valence-electron chi connectivity index (χ4n) is 2.53. The highest BCUT2D eigenvalue weighted by atomic mass is 35.5. The molecule has 0 aliphatic carbocycles. The summed E-state index contributed by atoms with van der Waals surface area (Å²) in [5.41, 5.74) is 6.18. The fourth-order valence-corrected chi connectivity index (χ4v) is 3.02. The van der Waals surface area contributed by atoms with E-state index in [0.717, 1.165) is 0 Å². The first-order valence-corrected chi connectivity index (χ1v) is 8.65. The Labute approximate surface area is 164 Å². The van der Waals surface area contributed by atoms with Crippen LogP contribution in [0.5, 0.6) is 0 Å². The minimum atomic E-state index is -0.550. The number of hydrogen-bond acceptors (Lipinski definition) is 3. The molecule has 1 heterocycles. The Balaban J connectivity index is 0.00000312. The Morgan fingerprint density at radius 1 is 1.08 bits per heavy atom. The van der Waals surface area contributed by atoms with Gasteiger partial charge in [0.05, 0.1) is 16.6 Å². The average Bonchev–Trinajstić information content (AvgIpc) is 2.52. The van der Waals surface area contributed by atoms with E-state index in [-0.39, 0.29) is 29.6 Å². The van der Waals surface area contributed by atoms with Crippen molar-refractivity contribution in [3.05, 3.63) is 33.8 Å². The van der Waals surface area contributed by atoms with E-state index >= 15 is 0 Å². The molecule has 1 aliphatic rings. The average molecular weight is 409 g/mol. The van der Waals surface area contributed by atoms with Gasteiger partial charge in [-0.15, -0.1) is 12.4 Å². The zero-order valence-electron chi connectivity index (χ0n) is 14.6. The molecule has 25 heavy (non-hydrogen) atoms. The first-order chi connectivity index (χ1) is 11.1. The Morgan fingerprint density at radius 2 is 1.60 bits per heavy atom. The van der Waals surface area contributed by atoms with Gasteiger partial charge in [-0.1, -0.05) is 44.0 Å². The zero-order chi connectivity index (χ0) is 18.1. The first kappa shape index (κ1) is 22.0. The third-order valence-corrected chi connectivity index (χ3v) is 4.79. The van der Waals surface area contributed by atoms with Crippen molar-refractivity contribution in [3.8, 4) is 0 Å². The molecule has 0 bridgehead atoms. The largest absolute Gasteiger partial charge is 0.338 e. The minimum absolute atomic E-state index is 0. The molecule has 8 heteroatoms. The van der Waals surface area contributed by atoms with Crippen molar-refractivity contribution >= 4 is 47.4 Å². The summed E-state index contributed by atoms with van der Waals surface area (Å²) in [6, 6.07) is 4.27. The quantitative estimate of drug-likeness (QED) is 0.818. The monoisotopic (exact) mass is 407 g/mol. The molecule has 2 rings (SSSR count). The Kier molecular flexibility index (Phi) is 7.56. The van der Waals surface area contributed by atoms with Crippen molar-refractivity contribution in [1.82, 2.24) is 9.80 Å². The SMILES string of the molecule is CC(C)(C)[C@H](N)C(=O)N1CCN(C(=O)c2ccc(Cl)cc2Cl)CC1.Cl. The van der Waals surface area contributed by atoms with Crippen molar-refractivity contribution in [2.24, 2.45) is 11.1 Å². The Bertz CT molecular complexity index is 639. The molecule has 1 aromatic rings. The molecule has 0 spiro atoms. The predicted octanol–water partition coefficient (Wildman–Crippen LogP) is 3.07. The van der Waals surface area contributed by atoms with E-state index in [1.165, 1.54) is 0 Å². The number of amides is 2. The van der Waals surface area contributed by atoms with Gasteiger partial charge in [-0.2, -0.15) is 0 Å². The minimum Gasteiger partial charge on any atom is -0.338 e. The van der Waals surface area contributed by atoms with E-state index < -0.39 is 6.04 Å². The van der Waals surface area contributed by atoms with E-state index in [1.54, 1.807) is 28.0 Å². The first-order valence-electron chi connectivity index (χ1n) is 7.90. The van der Waals surface area contributed by atoms with Crippen LogP contribution in [0.25, 0.3) is 0 Å². The second-order valence-corrected chi connectivity index (χ2v) is 7.93. The van der Waals surface area contributed by atoms with Gasteiger partial charge in [0.2, 0.25) is 5.91 Å². The zero-order valence-corrected chi connectivity index (χ0v) is 16.9. The fraction of sp³-hybridized carbons (Fsp3) is 0.529. The highest BCUT2D eigenvalue weighted by Gasteiger charge is 2.33. The van der Waals surface area contributed by atoms with E-state index in [0.29, 0.717) is 41.8 Å². The maximum Gasteiger partial charge on any atom is 0.255 e. The number of carbonyl (C=O) groups is 2. The number of nitrogens with two attached hydrogens (primary N) is 1. The van der Waals surface area contributed by atoms with Crippen LogP contribution in [0, 0.1) is 5.41 Å². The van der Waals surface area contributed by atoms with Gasteiger partial charge in [-0.05, 0) is 23.6 Å². The molecule has 1 aliphatic heterocycles. The van der Waals surface area contributed by atoms with Gasteiger partial charge in [-0.3, -0.25) is 9.59 Å². The standard InChI is InChI=1S/C17H23Cl2N3O2.ClH/c1-17(2,3)14(20)16(24)22-8-6-21(7-9-22)15(23)12-5-4-11(18)10-13(12)19;/h4-5,10,14H,6-9,20H2,1-3H3;1H/t14-;/m1./s1. The Morgan fingerprint density at radius 3 is 2.08 bits per heavy atom. The van der Waals surface area contributed by atoms with E-state index in [2.05, 4.69) is 0 Å². The van der Waals surface area contributed by atoms with Crippen LogP contribution in [0.4, 0.5) is 0 Å². The number of carbonyl (C=O) groups excluding carboxylic acids is 2. The molecule has 140 valence electrons. The van der Waals surface area contributed by atoms with Crippen LogP contribution in [-0.2, 0) is 4.79 Å². The normalized spacial score (nSPS) is 16.2. The third-order valence-electron chi connectivity index (χ3n) is 4.24. The molecule has 1 aromatic carbocycles. The second-order valence-electron chi connectivity index (χ2n) is 7.09. The lowest BCUT2D eigenvalue weighted by Crippen LogP contribution is -2.57. The van der Waals surface area contributed by atoms with Gasteiger partial charge >= 0.3 is 0 Å². The van der Waals surface area contributed by atoms with Crippen LogP contribution in [0.15, 0.2) is 18.2 Å². The van der Waals surface area contributed by atoms with Gasteiger partial charge in [0.25, 0.3) is 5.91 Å². The maximum atomic E-state index is 12.6. The van der Waals surface area contributed by atoms with Gasteiger partial charge in [0, 0.05) is 31.2 Å². The lowest BCUT2D eigenvalue weighted by Gasteiger charge is -2.38. The van der Waals surface area contributed by atoms with Crippen LogP contribution >= 0.6 is 35.6 Å².